The van der Waals surface area contributed by atoms with Crippen molar-refractivity contribution in [2.45, 2.75) is 38.4 Å². The number of hydrogen-bond donors (Lipinski definition) is 1. The minimum atomic E-state index is -0.255. The summed E-state index contributed by atoms with van der Waals surface area (Å²) in [5.74, 6) is 0.650. The summed E-state index contributed by atoms with van der Waals surface area (Å²) in [6, 6.07) is 13.3. The highest BCUT2D eigenvalue weighted by molar-refractivity contribution is 6.25. The molecule has 3 aromatic rings. The van der Waals surface area contributed by atoms with Gasteiger partial charge in [0.15, 0.2) is 5.78 Å². The number of aromatic nitrogens is 2. The monoisotopic (exact) mass is 414 g/mol. The first kappa shape index (κ1) is 18.5. The quantitative estimate of drug-likeness (QED) is 0.670. The number of allylic oxidation sites excluding steroid dienone is 1. The summed E-state index contributed by atoms with van der Waals surface area (Å²) in [7, 11) is 0. The SMILES string of the molecule is CCc1ccc(Oc2cnc3ccccc3n2)cc1C1=C(O)[C@H]2[C@@H](C1=O)[C@@H]1CC[C@H]2O1. The number of hydrogen-bond acceptors (Lipinski definition) is 6. The third-order valence-corrected chi connectivity index (χ3v) is 6.77. The van der Waals surface area contributed by atoms with Crippen LogP contribution in [0.15, 0.2) is 54.4 Å². The highest BCUT2D eigenvalue weighted by Gasteiger charge is 2.59. The van der Waals surface area contributed by atoms with Gasteiger partial charge in [0.05, 0.1) is 46.8 Å². The molecule has 0 radical (unpaired) electrons. The van der Waals surface area contributed by atoms with Crippen LogP contribution < -0.4 is 4.74 Å². The molecule has 0 spiro atoms. The molecule has 1 aromatic heterocycles. The van der Waals surface area contributed by atoms with Crippen molar-refractivity contribution in [2.75, 3.05) is 0 Å². The van der Waals surface area contributed by atoms with E-state index in [1.54, 1.807) is 6.20 Å². The molecule has 3 heterocycles. The average Bonchev–Trinajstić information content (AvgIpc) is 3.47. The van der Waals surface area contributed by atoms with Crippen molar-refractivity contribution in [3.05, 3.63) is 65.5 Å². The molecule has 6 rings (SSSR count). The van der Waals surface area contributed by atoms with E-state index in [0.29, 0.717) is 17.2 Å². The smallest absolute Gasteiger partial charge is 0.238 e. The maximum Gasteiger partial charge on any atom is 0.238 e. The van der Waals surface area contributed by atoms with E-state index >= 15 is 0 Å². The molecule has 2 saturated heterocycles. The number of benzene rings is 2. The first-order chi connectivity index (χ1) is 15.1. The van der Waals surface area contributed by atoms with E-state index in [4.69, 9.17) is 9.47 Å². The van der Waals surface area contributed by atoms with Crippen LogP contribution in [0.25, 0.3) is 16.6 Å². The van der Waals surface area contributed by atoms with Crippen LogP contribution in [0.5, 0.6) is 11.6 Å². The van der Waals surface area contributed by atoms with E-state index in [9.17, 15) is 9.90 Å². The zero-order chi connectivity index (χ0) is 21.1. The van der Waals surface area contributed by atoms with Crippen LogP contribution in [0.1, 0.15) is 30.9 Å². The van der Waals surface area contributed by atoms with Crippen LogP contribution >= 0.6 is 0 Å². The lowest BCUT2D eigenvalue weighted by molar-refractivity contribution is -0.118. The molecular weight excluding hydrogens is 392 g/mol. The summed E-state index contributed by atoms with van der Waals surface area (Å²) >= 11 is 0. The number of fused-ring (bicyclic) bond motifs is 6. The molecule has 3 aliphatic rings. The van der Waals surface area contributed by atoms with Gasteiger partial charge in [-0.3, -0.25) is 4.79 Å². The van der Waals surface area contributed by atoms with E-state index in [1.807, 2.05) is 49.4 Å². The van der Waals surface area contributed by atoms with Gasteiger partial charge in [-0.2, -0.15) is 0 Å². The highest BCUT2D eigenvalue weighted by atomic mass is 16.5. The number of aryl methyl sites for hydroxylation is 1. The van der Waals surface area contributed by atoms with Gasteiger partial charge in [0.25, 0.3) is 0 Å². The number of aliphatic hydroxyl groups excluding tert-OH is 1. The number of nitrogens with zero attached hydrogens (tertiary/aromatic N) is 2. The molecule has 6 heteroatoms. The van der Waals surface area contributed by atoms with Gasteiger partial charge in [0.1, 0.15) is 11.5 Å². The molecular formula is C25H22N2O4. The summed E-state index contributed by atoms with van der Waals surface area (Å²) in [5.41, 5.74) is 3.72. The standard InChI is InChI=1S/C25H22N2O4/c1-2-13-7-8-14(30-20-12-26-16-5-3-4-6-17(16)27-20)11-15(13)21-24(28)22-18-9-10-19(31-18)23(22)25(21)29/h3-8,11-12,18-19,22-23,28H,2,9-10H2,1H3/t18-,19+,22-,23+/m1/s1. The Bertz CT molecular complexity index is 1250. The fourth-order valence-corrected chi connectivity index (χ4v) is 5.36. The van der Waals surface area contributed by atoms with Crippen molar-refractivity contribution < 1.29 is 19.4 Å². The zero-order valence-electron chi connectivity index (χ0n) is 17.1. The van der Waals surface area contributed by atoms with Crippen LogP contribution in [0.2, 0.25) is 0 Å². The van der Waals surface area contributed by atoms with Crippen LogP contribution in [-0.2, 0) is 16.0 Å². The molecule has 0 unspecified atom stereocenters. The van der Waals surface area contributed by atoms with Crippen LogP contribution in [0, 0.1) is 11.8 Å². The predicted molar refractivity (Wildman–Crippen MR) is 115 cm³/mol. The van der Waals surface area contributed by atoms with Gasteiger partial charge in [-0.25, -0.2) is 9.97 Å². The van der Waals surface area contributed by atoms with E-state index < -0.39 is 0 Å². The topological polar surface area (TPSA) is 81.5 Å². The number of aliphatic hydroxyl groups is 1. The molecule has 2 bridgehead atoms. The molecule has 4 atom stereocenters. The van der Waals surface area contributed by atoms with E-state index in [0.717, 1.165) is 41.4 Å². The summed E-state index contributed by atoms with van der Waals surface area (Å²) in [6.45, 7) is 2.04. The Kier molecular flexibility index (Phi) is 4.11. The fourth-order valence-electron chi connectivity index (χ4n) is 5.36. The molecule has 2 aromatic carbocycles. The number of carbonyl (C=O) groups excluding carboxylic acids is 1. The second-order valence-corrected chi connectivity index (χ2v) is 8.44. The van der Waals surface area contributed by atoms with Gasteiger partial charge in [0.2, 0.25) is 5.88 Å². The Morgan fingerprint density at radius 1 is 1.10 bits per heavy atom. The molecule has 2 aliphatic heterocycles. The minimum absolute atomic E-state index is 0.00736. The van der Waals surface area contributed by atoms with Crippen molar-refractivity contribution >= 4 is 22.4 Å². The second kappa shape index (κ2) is 6.89. The lowest BCUT2D eigenvalue weighted by Gasteiger charge is -2.19. The Balaban J connectivity index is 1.38. The molecule has 156 valence electrons. The van der Waals surface area contributed by atoms with E-state index in [2.05, 4.69) is 9.97 Å². The van der Waals surface area contributed by atoms with Crippen LogP contribution in [0.3, 0.4) is 0 Å². The number of ketones is 1. The molecule has 1 aliphatic carbocycles. The van der Waals surface area contributed by atoms with Crippen LogP contribution in [-0.4, -0.2) is 33.1 Å². The predicted octanol–water partition coefficient (Wildman–Crippen LogP) is 4.63. The Morgan fingerprint density at radius 3 is 2.65 bits per heavy atom. The normalized spacial score (nSPS) is 26.7. The first-order valence-corrected chi connectivity index (χ1v) is 10.8. The van der Waals surface area contributed by atoms with Crippen LogP contribution in [0.4, 0.5) is 0 Å². The van der Waals surface area contributed by atoms with E-state index in [-0.39, 0.29) is 35.6 Å². The largest absolute Gasteiger partial charge is 0.511 e. The Morgan fingerprint density at radius 2 is 1.87 bits per heavy atom. The lowest BCUT2D eigenvalue weighted by atomic mass is 9.80. The van der Waals surface area contributed by atoms with Gasteiger partial charge in [-0.05, 0) is 54.7 Å². The molecule has 1 N–H and O–H groups in total. The zero-order valence-corrected chi connectivity index (χ0v) is 17.1. The molecule has 0 saturated carbocycles. The third kappa shape index (κ3) is 2.78. The summed E-state index contributed by atoms with van der Waals surface area (Å²) < 4.78 is 11.9. The number of para-hydroxylation sites is 2. The fraction of sp³-hybridized carbons (Fsp3) is 0.320. The van der Waals surface area contributed by atoms with Crippen molar-refractivity contribution in [1.29, 1.82) is 0 Å². The van der Waals surface area contributed by atoms with Gasteiger partial charge < -0.3 is 14.6 Å². The van der Waals surface area contributed by atoms with Gasteiger partial charge in [0, 0.05) is 0 Å². The summed E-state index contributed by atoms with van der Waals surface area (Å²) in [6.07, 6.45) is 4.01. The Hall–Kier alpha value is -3.25. The van der Waals surface area contributed by atoms with Gasteiger partial charge >= 0.3 is 0 Å². The van der Waals surface area contributed by atoms with Gasteiger partial charge in [-0.1, -0.05) is 25.1 Å². The molecule has 31 heavy (non-hydrogen) atoms. The average molecular weight is 414 g/mol. The summed E-state index contributed by atoms with van der Waals surface area (Å²) in [5, 5.41) is 11.0. The second-order valence-electron chi connectivity index (χ2n) is 8.44. The van der Waals surface area contributed by atoms with Crippen molar-refractivity contribution in [2.24, 2.45) is 11.8 Å². The molecule has 2 fully saturated rings. The third-order valence-electron chi connectivity index (χ3n) is 6.77. The van der Waals surface area contributed by atoms with Gasteiger partial charge in [-0.15, -0.1) is 0 Å². The number of ether oxygens (including phenoxy) is 2. The molecule has 0 amide bonds. The number of rotatable bonds is 4. The maximum absolute atomic E-state index is 13.3. The maximum atomic E-state index is 13.3. The Labute approximate surface area is 179 Å². The van der Waals surface area contributed by atoms with Crippen molar-refractivity contribution in [3.63, 3.8) is 0 Å². The molecule has 6 nitrogen and oxygen atoms in total. The number of Topliss-reactive ketones (excluding diaryl/α,β-unsaturated/α-hetero) is 1. The number of carbonyl (C=O) groups is 1. The summed E-state index contributed by atoms with van der Waals surface area (Å²) in [4.78, 5) is 22.2. The van der Waals surface area contributed by atoms with Crippen molar-refractivity contribution in [3.8, 4) is 11.6 Å². The highest BCUT2D eigenvalue weighted by Crippen LogP contribution is 2.54. The minimum Gasteiger partial charge on any atom is -0.511 e. The lowest BCUT2D eigenvalue weighted by Crippen LogP contribution is -2.29. The van der Waals surface area contributed by atoms with E-state index in [1.165, 1.54) is 0 Å². The first-order valence-electron chi connectivity index (χ1n) is 10.8. The van der Waals surface area contributed by atoms with Crippen molar-refractivity contribution in [1.82, 2.24) is 9.97 Å².